The van der Waals surface area contributed by atoms with Gasteiger partial charge in [-0.25, -0.2) is 0 Å². The highest BCUT2D eigenvalue weighted by atomic mass is 16.6. The summed E-state index contributed by atoms with van der Waals surface area (Å²) in [6.07, 6.45) is 1.08. The van der Waals surface area contributed by atoms with E-state index in [2.05, 4.69) is 0 Å². The molecule has 0 amide bonds. The molecule has 6 heteroatoms. The van der Waals surface area contributed by atoms with Gasteiger partial charge in [0.1, 0.15) is 24.7 Å². The average Bonchev–Trinajstić information content (AvgIpc) is 2.80. The van der Waals surface area contributed by atoms with Crippen molar-refractivity contribution in [1.82, 2.24) is 0 Å². The van der Waals surface area contributed by atoms with Crippen LogP contribution in [0.3, 0.4) is 0 Å². The Labute approximate surface area is 228 Å². The zero-order valence-corrected chi connectivity index (χ0v) is 24.8. The van der Waals surface area contributed by atoms with Gasteiger partial charge in [-0.15, -0.1) is 0 Å². The van der Waals surface area contributed by atoms with Crippen molar-refractivity contribution in [3.63, 3.8) is 0 Å². The summed E-state index contributed by atoms with van der Waals surface area (Å²) in [5.41, 5.74) is 4.07. The largest absolute Gasteiger partial charge is 0.507 e. The molecule has 0 spiro atoms. The number of hydrogen-bond acceptors (Lipinski definition) is 6. The first kappa shape index (κ1) is 31.2. The summed E-state index contributed by atoms with van der Waals surface area (Å²) < 4.78 is 11.0. The molecule has 2 atom stereocenters. The molecule has 0 aliphatic carbocycles. The summed E-state index contributed by atoms with van der Waals surface area (Å²) in [6.45, 7) is 19.5. The van der Waals surface area contributed by atoms with Crippen LogP contribution in [0.1, 0.15) is 113 Å². The second kappa shape index (κ2) is 12.2. The maximum atomic E-state index is 12.9. The lowest BCUT2D eigenvalue weighted by Gasteiger charge is -2.25. The zero-order chi connectivity index (χ0) is 29.0. The van der Waals surface area contributed by atoms with Gasteiger partial charge in [-0.2, -0.15) is 0 Å². The molecule has 38 heavy (non-hydrogen) atoms. The van der Waals surface area contributed by atoms with Crippen LogP contribution in [0.2, 0.25) is 0 Å². The third kappa shape index (κ3) is 7.30. The highest BCUT2D eigenvalue weighted by molar-refractivity contribution is 5.79. The van der Waals surface area contributed by atoms with Gasteiger partial charge in [0.15, 0.2) is 0 Å². The third-order valence-corrected chi connectivity index (χ3v) is 7.02. The average molecular weight is 527 g/mol. The number of hydrogen-bond donors (Lipinski definition) is 2. The number of phenolic OH excluding ortho intramolecular Hbond substituents is 2. The Bertz CT molecular complexity index is 1060. The van der Waals surface area contributed by atoms with Crippen molar-refractivity contribution >= 4 is 11.9 Å². The Morgan fingerprint density at radius 2 is 1.00 bits per heavy atom. The van der Waals surface area contributed by atoms with E-state index in [9.17, 15) is 19.8 Å². The number of benzene rings is 2. The first-order valence-electron chi connectivity index (χ1n) is 13.5. The predicted molar refractivity (Wildman–Crippen MR) is 151 cm³/mol. The molecule has 2 N–H and O–H groups in total. The standard InChI is InChI=1S/C32H46O6/c1-11-23(21-15-19(3)27(33)25(17-21)31(5,6)7)29(35)37-13-14-38-30(36)24(12-2)22-16-20(4)28(34)26(18-22)32(8,9)10/h15-18,23-24,33-34H,11-14H2,1-10H3. The van der Waals surface area contributed by atoms with E-state index < -0.39 is 11.8 Å². The highest BCUT2D eigenvalue weighted by Gasteiger charge is 2.28. The third-order valence-electron chi connectivity index (χ3n) is 7.02. The lowest BCUT2D eigenvalue weighted by molar-refractivity contribution is -0.154. The van der Waals surface area contributed by atoms with Crippen LogP contribution in [0.5, 0.6) is 11.5 Å². The van der Waals surface area contributed by atoms with Gasteiger partial charge in [0.05, 0.1) is 11.8 Å². The minimum absolute atomic E-state index is 0.0391. The molecule has 2 unspecified atom stereocenters. The molecule has 0 aromatic heterocycles. The number of rotatable bonds is 9. The fourth-order valence-electron chi connectivity index (χ4n) is 4.72. The molecule has 0 bridgehead atoms. The quantitative estimate of drug-likeness (QED) is 0.268. The van der Waals surface area contributed by atoms with Crippen molar-refractivity contribution in [3.8, 4) is 11.5 Å². The van der Waals surface area contributed by atoms with Crippen LogP contribution in [0.25, 0.3) is 0 Å². The summed E-state index contributed by atoms with van der Waals surface area (Å²) in [4.78, 5) is 25.9. The Kier molecular flexibility index (Phi) is 10.0. The maximum absolute atomic E-state index is 12.9. The van der Waals surface area contributed by atoms with E-state index in [0.717, 1.165) is 33.4 Å². The summed E-state index contributed by atoms with van der Waals surface area (Å²) in [7, 11) is 0. The van der Waals surface area contributed by atoms with E-state index in [4.69, 9.17) is 9.47 Å². The first-order chi connectivity index (χ1) is 17.5. The van der Waals surface area contributed by atoms with Gasteiger partial charge >= 0.3 is 11.9 Å². The molecule has 0 saturated heterocycles. The van der Waals surface area contributed by atoms with E-state index >= 15 is 0 Å². The number of ether oxygens (including phenoxy) is 2. The van der Waals surface area contributed by atoms with Crippen molar-refractivity contribution in [3.05, 3.63) is 57.6 Å². The summed E-state index contributed by atoms with van der Waals surface area (Å²) in [6, 6.07) is 7.43. The fourth-order valence-corrected chi connectivity index (χ4v) is 4.72. The second-order valence-corrected chi connectivity index (χ2v) is 12.2. The molecule has 210 valence electrons. The maximum Gasteiger partial charge on any atom is 0.313 e. The number of phenols is 2. The number of carbonyl (C=O) groups is 2. The van der Waals surface area contributed by atoms with Crippen molar-refractivity contribution in [2.24, 2.45) is 0 Å². The fraction of sp³-hybridized carbons (Fsp3) is 0.562. The van der Waals surface area contributed by atoms with E-state index in [1.165, 1.54) is 0 Å². The van der Waals surface area contributed by atoms with Gasteiger partial charge in [-0.05, 0) is 70.9 Å². The van der Waals surface area contributed by atoms with Crippen LogP contribution < -0.4 is 0 Å². The number of aryl methyl sites for hydroxylation is 2. The molecule has 6 nitrogen and oxygen atoms in total. The molecule has 2 aromatic carbocycles. The predicted octanol–water partition coefficient (Wildman–Crippen LogP) is 7.08. The van der Waals surface area contributed by atoms with Crippen LogP contribution in [-0.2, 0) is 29.9 Å². The van der Waals surface area contributed by atoms with Gasteiger partial charge in [0.25, 0.3) is 0 Å². The molecule has 0 saturated carbocycles. The Hall–Kier alpha value is -3.02. The van der Waals surface area contributed by atoms with Crippen LogP contribution in [-0.4, -0.2) is 35.4 Å². The molecule has 0 aliphatic rings. The van der Waals surface area contributed by atoms with Crippen LogP contribution in [0.4, 0.5) is 0 Å². The monoisotopic (exact) mass is 526 g/mol. The minimum atomic E-state index is -0.481. The smallest absolute Gasteiger partial charge is 0.313 e. The van der Waals surface area contributed by atoms with Crippen molar-refractivity contribution in [1.29, 1.82) is 0 Å². The highest BCUT2D eigenvalue weighted by Crippen LogP contribution is 2.38. The number of carbonyl (C=O) groups excluding carboxylic acids is 2. The molecule has 0 heterocycles. The van der Waals surface area contributed by atoms with Crippen molar-refractivity contribution in [2.45, 2.75) is 105 Å². The summed E-state index contributed by atoms with van der Waals surface area (Å²) in [5.74, 6) is -1.23. The molecular weight excluding hydrogens is 480 g/mol. The van der Waals surface area contributed by atoms with Gasteiger partial charge in [-0.1, -0.05) is 79.7 Å². The van der Waals surface area contributed by atoms with Crippen LogP contribution in [0, 0.1) is 13.8 Å². The normalized spacial score (nSPS) is 13.6. The summed E-state index contributed by atoms with van der Waals surface area (Å²) in [5, 5.41) is 21.1. The van der Waals surface area contributed by atoms with Crippen molar-refractivity contribution < 1.29 is 29.3 Å². The molecule has 2 aromatic rings. The SMILES string of the molecule is CCC(C(=O)OCCOC(=O)C(CC)c1cc(C)c(O)c(C(C)(C)C)c1)c1cc(C)c(O)c(C(C)(C)C)c1. The number of aromatic hydroxyl groups is 2. The zero-order valence-electron chi connectivity index (χ0n) is 24.8. The van der Waals surface area contributed by atoms with Crippen LogP contribution >= 0.6 is 0 Å². The Morgan fingerprint density at radius 1 is 0.684 bits per heavy atom. The van der Waals surface area contributed by atoms with Gasteiger partial charge in [0.2, 0.25) is 0 Å². The number of esters is 2. The van der Waals surface area contributed by atoms with E-state index in [1.807, 2.05) is 93.5 Å². The lowest BCUT2D eigenvalue weighted by atomic mass is 9.82. The molecular formula is C32H46O6. The van der Waals surface area contributed by atoms with E-state index in [0.29, 0.717) is 12.8 Å². The Balaban J connectivity index is 2.08. The van der Waals surface area contributed by atoms with Crippen molar-refractivity contribution in [2.75, 3.05) is 13.2 Å². The summed E-state index contributed by atoms with van der Waals surface area (Å²) >= 11 is 0. The van der Waals surface area contributed by atoms with Gasteiger partial charge in [0, 0.05) is 0 Å². The lowest BCUT2D eigenvalue weighted by Crippen LogP contribution is -2.22. The minimum Gasteiger partial charge on any atom is -0.507 e. The topological polar surface area (TPSA) is 93.1 Å². The Morgan fingerprint density at radius 3 is 1.26 bits per heavy atom. The molecule has 0 fully saturated rings. The van der Waals surface area contributed by atoms with E-state index in [-0.39, 0.29) is 47.5 Å². The second-order valence-electron chi connectivity index (χ2n) is 12.2. The van der Waals surface area contributed by atoms with Gasteiger partial charge in [-0.3, -0.25) is 9.59 Å². The molecule has 0 radical (unpaired) electrons. The molecule has 0 aliphatic heterocycles. The first-order valence-corrected chi connectivity index (χ1v) is 13.5. The molecule has 2 rings (SSSR count). The van der Waals surface area contributed by atoms with Crippen LogP contribution in [0.15, 0.2) is 24.3 Å². The van der Waals surface area contributed by atoms with E-state index in [1.54, 1.807) is 0 Å². The van der Waals surface area contributed by atoms with Gasteiger partial charge < -0.3 is 19.7 Å².